The first-order valence-electron chi connectivity index (χ1n) is 18.3. The first-order valence-corrected chi connectivity index (χ1v) is 18.3. The van der Waals surface area contributed by atoms with Gasteiger partial charge in [0, 0.05) is 55.5 Å². The number of aliphatic hydroxyl groups is 1. The fourth-order valence-electron chi connectivity index (χ4n) is 9.34. The Labute approximate surface area is 292 Å². The van der Waals surface area contributed by atoms with Crippen LogP contribution >= 0.6 is 0 Å². The topological polar surface area (TPSA) is 93.1 Å². The van der Waals surface area contributed by atoms with E-state index < -0.39 is 11.9 Å². The van der Waals surface area contributed by atoms with Crippen LogP contribution in [0.2, 0.25) is 0 Å². The lowest BCUT2D eigenvalue weighted by molar-refractivity contribution is -0.105. The molecule has 4 unspecified atom stereocenters. The number of hydrogen-bond donors (Lipinski definition) is 1. The van der Waals surface area contributed by atoms with Crippen molar-refractivity contribution in [3.05, 3.63) is 53.7 Å². The summed E-state index contributed by atoms with van der Waals surface area (Å²) in [5, 5.41) is 12.5. The van der Waals surface area contributed by atoms with Gasteiger partial charge in [0.2, 0.25) is 0 Å². The fourth-order valence-corrected chi connectivity index (χ4v) is 9.34. The molecule has 9 nitrogen and oxygen atoms in total. The predicted octanol–water partition coefficient (Wildman–Crippen LogP) is 6.46. The second-order valence-electron chi connectivity index (χ2n) is 14.8. The number of piperidine rings is 1. The van der Waals surface area contributed by atoms with Crippen LogP contribution in [0.25, 0.3) is 32.9 Å². The number of fused-ring (bicyclic) bond motifs is 3. The molecule has 2 aromatic carbocycles. The van der Waals surface area contributed by atoms with Gasteiger partial charge in [-0.2, -0.15) is 9.97 Å². The zero-order chi connectivity index (χ0) is 34.6. The summed E-state index contributed by atoms with van der Waals surface area (Å²) in [7, 11) is 1.80. The number of likely N-dealkylation sites (tertiary alicyclic amines) is 1. The third-order valence-electron chi connectivity index (χ3n) is 12.0. The summed E-state index contributed by atoms with van der Waals surface area (Å²) in [6, 6.07) is 10.2. The molecule has 2 aromatic heterocycles. The molecule has 4 heterocycles. The van der Waals surface area contributed by atoms with Crippen molar-refractivity contribution in [2.75, 3.05) is 44.9 Å². The summed E-state index contributed by atoms with van der Waals surface area (Å²) in [5.74, 6) is -0.495. The molecular weight excluding hydrogens is 640 g/mol. The number of nitrogens with zero attached hydrogens (tertiary/aromatic N) is 5. The van der Waals surface area contributed by atoms with E-state index >= 15 is 8.78 Å². The predicted molar refractivity (Wildman–Crippen MR) is 189 cm³/mol. The maximum Gasteiger partial charge on any atom is 0.319 e. The van der Waals surface area contributed by atoms with E-state index in [4.69, 9.17) is 24.2 Å². The third kappa shape index (κ3) is 5.80. The summed E-state index contributed by atoms with van der Waals surface area (Å²) in [4.78, 5) is 18.9. The summed E-state index contributed by atoms with van der Waals surface area (Å²) >= 11 is 0. The number of aryl methyl sites for hydroxylation is 1. The van der Waals surface area contributed by atoms with Crippen LogP contribution in [0.3, 0.4) is 0 Å². The Hall–Kier alpha value is -3.51. The van der Waals surface area contributed by atoms with Crippen molar-refractivity contribution in [2.24, 2.45) is 5.41 Å². The number of hydrogen-bond acceptors (Lipinski definition) is 9. The first kappa shape index (κ1) is 33.6. The van der Waals surface area contributed by atoms with E-state index in [1.165, 1.54) is 6.07 Å². The SMILES string of the molecule is CCc1c(F)ccc2cccc(-c3ncc4c(N5CCOCC(O)C5)nc(OCC56CCCC5N(C5CC(OC)C5)C(C)CC6)nc4c3F)c12. The molecule has 11 heteroatoms. The second-order valence-corrected chi connectivity index (χ2v) is 14.8. The van der Waals surface area contributed by atoms with Gasteiger partial charge in [-0.3, -0.25) is 9.88 Å². The zero-order valence-electron chi connectivity index (χ0n) is 29.2. The van der Waals surface area contributed by atoms with Crippen LogP contribution in [0.4, 0.5) is 14.6 Å². The molecule has 0 radical (unpaired) electrons. The summed E-state index contributed by atoms with van der Waals surface area (Å²) < 4.78 is 49.9. The molecule has 50 heavy (non-hydrogen) atoms. The van der Waals surface area contributed by atoms with E-state index in [-0.39, 0.29) is 41.6 Å². The Bertz CT molecular complexity index is 1890. The largest absolute Gasteiger partial charge is 0.463 e. The van der Waals surface area contributed by atoms with Crippen LogP contribution in [0.15, 0.2) is 36.5 Å². The molecule has 8 rings (SSSR count). The van der Waals surface area contributed by atoms with Crippen molar-refractivity contribution in [1.29, 1.82) is 0 Å². The quantitative estimate of drug-likeness (QED) is 0.224. The number of halogens is 2. The lowest BCUT2D eigenvalue weighted by Gasteiger charge is -2.55. The van der Waals surface area contributed by atoms with E-state index in [1.54, 1.807) is 25.4 Å². The van der Waals surface area contributed by atoms with Crippen molar-refractivity contribution < 1.29 is 28.1 Å². The number of rotatable bonds is 8. The summed E-state index contributed by atoms with van der Waals surface area (Å²) in [6.45, 7) is 6.01. The van der Waals surface area contributed by atoms with Crippen LogP contribution < -0.4 is 9.64 Å². The highest BCUT2D eigenvalue weighted by atomic mass is 19.1. The minimum Gasteiger partial charge on any atom is -0.463 e. The van der Waals surface area contributed by atoms with Crippen LogP contribution in [-0.4, -0.2) is 95.3 Å². The minimum absolute atomic E-state index is 0.0404. The number of benzene rings is 2. The fraction of sp³-hybridized carbons (Fsp3) is 0.564. The van der Waals surface area contributed by atoms with Crippen LogP contribution in [0, 0.1) is 17.0 Å². The second kappa shape index (κ2) is 13.6. The highest BCUT2D eigenvalue weighted by molar-refractivity contribution is 6.00. The van der Waals surface area contributed by atoms with Gasteiger partial charge in [0.1, 0.15) is 22.8 Å². The minimum atomic E-state index is -0.737. The number of aliphatic hydroxyl groups excluding tert-OH is 1. The number of methoxy groups -OCH3 is 1. The van der Waals surface area contributed by atoms with Gasteiger partial charge in [0.05, 0.1) is 37.4 Å². The van der Waals surface area contributed by atoms with Crippen molar-refractivity contribution in [1.82, 2.24) is 19.9 Å². The molecule has 2 saturated heterocycles. The maximum atomic E-state index is 17.0. The Balaban J connectivity index is 1.19. The Morgan fingerprint density at radius 1 is 1.10 bits per heavy atom. The average molecular weight is 688 g/mol. The number of anilines is 1. The van der Waals surface area contributed by atoms with Crippen molar-refractivity contribution >= 4 is 27.5 Å². The van der Waals surface area contributed by atoms with Crippen LogP contribution in [0.1, 0.15) is 64.4 Å². The molecule has 266 valence electrons. The Kier molecular flexibility index (Phi) is 9.12. The molecule has 4 aromatic rings. The number of pyridine rings is 1. The lowest BCUT2D eigenvalue weighted by atomic mass is 9.71. The molecular formula is C39H47F2N5O4. The number of aromatic nitrogens is 3. The number of β-amino-alcohol motifs (C(OH)–C–C–N with tert-alkyl or cyclic N) is 1. The van der Waals surface area contributed by atoms with Crippen molar-refractivity contribution in [2.45, 2.75) is 95.5 Å². The first-order chi connectivity index (χ1) is 24.3. The number of ether oxygens (including phenoxy) is 3. The molecule has 1 N–H and O–H groups in total. The van der Waals surface area contributed by atoms with E-state index in [0.29, 0.717) is 78.1 Å². The highest BCUT2D eigenvalue weighted by Crippen LogP contribution is 2.52. The zero-order valence-corrected chi connectivity index (χ0v) is 29.2. The molecule has 2 saturated carbocycles. The van der Waals surface area contributed by atoms with Gasteiger partial charge in [-0.15, -0.1) is 0 Å². The Morgan fingerprint density at radius 3 is 2.78 bits per heavy atom. The van der Waals surface area contributed by atoms with Crippen molar-refractivity contribution in [3.63, 3.8) is 0 Å². The van der Waals surface area contributed by atoms with Gasteiger partial charge in [0.25, 0.3) is 0 Å². The van der Waals surface area contributed by atoms with Gasteiger partial charge in [-0.25, -0.2) is 8.78 Å². The summed E-state index contributed by atoms with van der Waals surface area (Å²) in [5.41, 5.74) is 1.17. The average Bonchev–Trinajstić information content (AvgIpc) is 3.41. The van der Waals surface area contributed by atoms with Crippen molar-refractivity contribution in [3.8, 4) is 17.3 Å². The smallest absolute Gasteiger partial charge is 0.319 e. The molecule has 2 aliphatic heterocycles. The van der Waals surface area contributed by atoms with Gasteiger partial charge in [-0.05, 0) is 74.3 Å². The van der Waals surface area contributed by atoms with Gasteiger partial charge in [0.15, 0.2) is 5.82 Å². The van der Waals surface area contributed by atoms with Gasteiger partial charge >= 0.3 is 6.01 Å². The van der Waals surface area contributed by atoms with E-state index in [9.17, 15) is 5.11 Å². The van der Waals surface area contributed by atoms with E-state index in [0.717, 1.165) is 50.3 Å². The molecule has 0 bridgehead atoms. The molecule has 4 atom stereocenters. The molecule has 0 amide bonds. The van der Waals surface area contributed by atoms with Crippen LogP contribution in [-0.2, 0) is 15.9 Å². The molecule has 0 spiro atoms. The van der Waals surface area contributed by atoms with E-state index in [1.807, 2.05) is 24.0 Å². The normalized spacial score (nSPS) is 28.8. The Morgan fingerprint density at radius 2 is 1.96 bits per heavy atom. The monoisotopic (exact) mass is 687 g/mol. The van der Waals surface area contributed by atoms with Gasteiger partial charge in [-0.1, -0.05) is 37.6 Å². The summed E-state index contributed by atoms with van der Waals surface area (Å²) in [6.07, 6.45) is 9.27. The molecule has 4 fully saturated rings. The standard InChI is InChI=1S/C39H47F2N5O4/c1-4-28-31(40)11-10-24-7-5-8-29(33(24)28)35-34(41)36-30(19-42-35)37(45-15-16-49-21-26(47)20-45)44-38(43-36)50-22-39-13-6-9-32(39)46(23(2)12-14-39)25-17-27(18-25)48-3/h5,7-8,10-11,19,23,25-27,32,47H,4,6,9,12-18,20-22H2,1-3H3. The van der Waals surface area contributed by atoms with Gasteiger partial charge < -0.3 is 24.2 Å². The maximum absolute atomic E-state index is 17.0. The van der Waals surface area contributed by atoms with Crippen LogP contribution in [0.5, 0.6) is 6.01 Å². The highest BCUT2D eigenvalue weighted by Gasteiger charge is 2.53. The molecule has 2 aliphatic carbocycles. The lowest BCUT2D eigenvalue weighted by Crippen LogP contribution is -2.62. The molecule has 4 aliphatic rings. The van der Waals surface area contributed by atoms with E-state index in [2.05, 4.69) is 16.8 Å². The third-order valence-corrected chi connectivity index (χ3v) is 12.0.